The molecule has 0 unspecified atom stereocenters. The van der Waals surface area contributed by atoms with Crippen molar-refractivity contribution in [3.63, 3.8) is 0 Å². The third-order valence-electron chi connectivity index (χ3n) is 6.51. The maximum atomic E-state index is 13.5. The van der Waals surface area contributed by atoms with Crippen LogP contribution in [-0.2, 0) is 7.05 Å². The quantitative estimate of drug-likeness (QED) is 0.671. The minimum atomic E-state index is -0.625. The van der Waals surface area contributed by atoms with E-state index in [1.807, 2.05) is 36.5 Å². The van der Waals surface area contributed by atoms with Crippen molar-refractivity contribution < 1.29 is 4.39 Å². The first-order chi connectivity index (χ1) is 13.6. The monoisotopic (exact) mass is 399 g/mol. The molecule has 0 radical (unpaired) electrons. The second-order valence-electron chi connectivity index (χ2n) is 8.32. The summed E-state index contributed by atoms with van der Waals surface area (Å²) in [6.07, 6.45) is 12.6. The van der Waals surface area contributed by atoms with Gasteiger partial charge in [0.2, 0.25) is 0 Å². The summed E-state index contributed by atoms with van der Waals surface area (Å²) in [5.41, 5.74) is 4.39. The molecule has 2 aliphatic rings. The highest BCUT2D eigenvalue weighted by molar-refractivity contribution is 7.78. The molecule has 1 aliphatic heterocycles. The molecule has 1 saturated heterocycles. The summed E-state index contributed by atoms with van der Waals surface area (Å²) in [6.45, 7) is 1.56. The molecule has 3 aromatic heterocycles. The summed E-state index contributed by atoms with van der Waals surface area (Å²) in [4.78, 5) is 7.08. The lowest BCUT2D eigenvalue weighted by atomic mass is 9.81. The normalized spacial score (nSPS) is 26.3. The van der Waals surface area contributed by atoms with Crippen molar-refractivity contribution in [2.45, 2.75) is 50.2 Å². The molecule has 5 rings (SSSR count). The van der Waals surface area contributed by atoms with Gasteiger partial charge >= 0.3 is 0 Å². The number of nitrogens with zero attached hydrogens (tertiary/aromatic N) is 5. The molecule has 0 spiro atoms. The predicted octanol–water partition coefficient (Wildman–Crippen LogP) is 4.20. The van der Waals surface area contributed by atoms with Gasteiger partial charge in [-0.1, -0.05) is 12.8 Å². The standard InChI is InChI=1S/C21H26FN5S/c1-25-11-16(10-24-25)20-13-27(28)21-19(20)8-15(9-23-21)14-2-4-18(5-3-14)26-7-6-17(22)12-26/h8-11,13-14,17-18,28H,2-7,12H2,1H3/t14?,17-,18?/m1/s1. The van der Waals surface area contributed by atoms with Gasteiger partial charge in [-0.15, -0.1) is 0 Å². The Morgan fingerprint density at radius 2 is 1.93 bits per heavy atom. The number of fused-ring (bicyclic) bond motifs is 1. The van der Waals surface area contributed by atoms with Crippen LogP contribution in [0.4, 0.5) is 4.39 Å². The minimum absolute atomic E-state index is 0.530. The van der Waals surface area contributed by atoms with Gasteiger partial charge in [-0.05, 0) is 49.7 Å². The molecule has 1 atom stereocenters. The third-order valence-corrected chi connectivity index (χ3v) is 6.81. The topological polar surface area (TPSA) is 38.9 Å². The van der Waals surface area contributed by atoms with E-state index in [2.05, 4.69) is 28.9 Å². The molecular weight excluding hydrogens is 373 g/mol. The van der Waals surface area contributed by atoms with Crippen molar-refractivity contribution in [2.24, 2.45) is 7.05 Å². The second-order valence-corrected chi connectivity index (χ2v) is 8.75. The number of hydrogen-bond acceptors (Lipinski definition) is 4. The summed E-state index contributed by atoms with van der Waals surface area (Å²) in [6, 6.07) is 2.84. The van der Waals surface area contributed by atoms with Crippen LogP contribution in [0.2, 0.25) is 0 Å². The molecule has 0 amide bonds. The van der Waals surface area contributed by atoms with Crippen LogP contribution in [0.3, 0.4) is 0 Å². The number of likely N-dealkylation sites (tertiary alicyclic amines) is 1. The maximum absolute atomic E-state index is 13.5. The number of pyridine rings is 1. The van der Waals surface area contributed by atoms with Crippen LogP contribution in [0.1, 0.15) is 43.6 Å². The Balaban J connectivity index is 1.38. The van der Waals surface area contributed by atoms with Crippen LogP contribution in [-0.4, -0.2) is 48.9 Å². The van der Waals surface area contributed by atoms with E-state index in [9.17, 15) is 4.39 Å². The van der Waals surface area contributed by atoms with Gasteiger partial charge in [0.25, 0.3) is 0 Å². The maximum Gasteiger partial charge on any atom is 0.150 e. The molecule has 0 N–H and O–H groups in total. The number of thiol groups is 1. The number of alkyl halides is 1. The average molecular weight is 400 g/mol. The first-order valence-corrected chi connectivity index (χ1v) is 10.6. The lowest BCUT2D eigenvalue weighted by molar-refractivity contribution is 0.170. The lowest BCUT2D eigenvalue weighted by Gasteiger charge is -2.34. The van der Waals surface area contributed by atoms with E-state index in [4.69, 9.17) is 4.98 Å². The molecule has 0 bridgehead atoms. The molecular formula is C21H26FN5S. The van der Waals surface area contributed by atoms with Crippen LogP contribution in [0.25, 0.3) is 22.2 Å². The van der Waals surface area contributed by atoms with Crippen LogP contribution < -0.4 is 0 Å². The van der Waals surface area contributed by atoms with Gasteiger partial charge in [0.15, 0.2) is 0 Å². The number of hydrogen-bond donors (Lipinski definition) is 1. The fraction of sp³-hybridized carbons (Fsp3) is 0.524. The van der Waals surface area contributed by atoms with Crippen molar-refractivity contribution in [3.05, 3.63) is 36.4 Å². The van der Waals surface area contributed by atoms with Crippen LogP contribution in [0.5, 0.6) is 0 Å². The predicted molar refractivity (Wildman–Crippen MR) is 112 cm³/mol. The van der Waals surface area contributed by atoms with Gasteiger partial charge in [-0.25, -0.2) is 9.37 Å². The number of aromatic nitrogens is 4. The Morgan fingerprint density at radius 3 is 2.61 bits per heavy atom. The summed E-state index contributed by atoms with van der Waals surface area (Å²) in [7, 11) is 1.93. The van der Waals surface area contributed by atoms with Gasteiger partial charge in [-0.3, -0.25) is 13.6 Å². The number of aryl methyl sites for hydroxylation is 1. The molecule has 28 heavy (non-hydrogen) atoms. The molecule has 2 fully saturated rings. The molecule has 148 valence electrons. The zero-order valence-electron chi connectivity index (χ0n) is 16.1. The van der Waals surface area contributed by atoms with Gasteiger partial charge in [-0.2, -0.15) is 5.10 Å². The van der Waals surface area contributed by atoms with Gasteiger partial charge in [0.1, 0.15) is 11.8 Å². The fourth-order valence-corrected chi connectivity index (χ4v) is 5.24. The summed E-state index contributed by atoms with van der Waals surface area (Å²) < 4.78 is 17.1. The van der Waals surface area contributed by atoms with E-state index in [1.54, 1.807) is 3.97 Å². The van der Waals surface area contributed by atoms with E-state index in [0.29, 0.717) is 24.9 Å². The van der Waals surface area contributed by atoms with Crippen molar-refractivity contribution in [1.82, 2.24) is 23.6 Å². The largest absolute Gasteiger partial charge is 0.297 e. The Kier molecular flexibility index (Phi) is 4.67. The molecule has 1 saturated carbocycles. The van der Waals surface area contributed by atoms with Gasteiger partial charge < -0.3 is 0 Å². The van der Waals surface area contributed by atoms with E-state index < -0.39 is 6.17 Å². The zero-order valence-corrected chi connectivity index (χ0v) is 17.0. The second kappa shape index (κ2) is 7.19. The minimum Gasteiger partial charge on any atom is -0.297 e. The zero-order chi connectivity index (χ0) is 19.3. The highest BCUT2D eigenvalue weighted by Crippen LogP contribution is 2.38. The van der Waals surface area contributed by atoms with Crippen LogP contribution in [0.15, 0.2) is 30.9 Å². The number of halogens is 1. The van der Waals surface area contributed by atoms with Crippen molar-refractivity contribution in [2.75, 3.05) is 13.1 Å². The van der Waals surface area contributed by atoms with Crippen molar-refractivity contribution in [3.8, 4) is 11.1 Å². The Bertz CT molecular complexity index is 988. The van der Waals surface area contributed by atoms with Crippen molar-refractivity contribution in [1.29, 1.82) is 0 Å². The highest BCUT2D eigenvalue weighted by atomic mass is 32.1. The van der Waals surface area contributed by atoms with Crippen molar-refractivity contribution >= 4 is 23.8 Å². The first kappa shape index (κ1) is 18.2. The SMILES string of the molecule is Cn1cc(-c2cn(S)c3ncc(C4CCC(N5CC[C@@H](F)C5)CC4)cc23)cn1. The third kappa shape index (κ3) is 3.24. The Hall–Kier alpha value is -1.86. The van der Waals surface area contributed by atoms with Crippen LogP contribution >= 0.6 is 12.8 Å². The van der Waals surface area contributed by atoms with E-state index in [1.165, 1.54) is 5.56 Å². The molecule has 7 heteroatoms. The van der Waals surface area contributed by atoms with Gasteiger partial charge in [0, 0.05) is 61.3 Å². The fourth-order valence-electron chi connectivity index (χ4n) is 4.97. The Morgan fingerprint density at radius 1 is 1.11 bits per heavy atom. The summed E-state index contributed by atoms with van der Waals surface area (Å²) in [5, 5.41) is 5.43. The highest BCUT2D eigenvalue weighted by Gasteiger charge is 2.31. The van der Waals surface area contributed by atoms with E-state index in [-0.39, 0.29) is 0 Å². The lowest BCUT2D eigenvalue weighted by Crippen LogP contribution is -2.36. The molecule has 0 aromatic carbocycles. The smallest absolute Gasteiger partial charge is 0.150 e. The summed E-state index contributed by atoms with van der Waals surface area (Å²) >= 11 is 4.55. The molecule has 1 aliphatic carbocycles. The summed E-state index contributed by atoms with van der Waals surface area (Å²) in [5.74, 6) is 0.530. The average Bonchev–Trinajstić information content (AvgIpc) is 3.41. The van der Waals surface area contributed by atoms with Gasteiger partial charge in [0.05, 0.1) is 6.20 Å². The molecule has 3 aromatic rings. The molecule has 5 nitrogen and oxygen atoms in total. The van der Waals surface area contributed by atoms with E-state index >= 15 is 0 Å². The number of rotatable bonds is 3. The van der Waals surface area contributed by atoms with Crippen LogP contribution in [0, 0.1) is 0 Å². The molecule has 4 heterocycles. The van der Waals surface area contributed by atoms with E-state index in [0.717, 1.165) is 54.4 Å². The Labute approximate surface area is 170 Å². The first-order valence-electron chi connectivity index (χ1n) is 10.2.